The van der Waals surface area contributed by atoms with Gasteiger partial charge in [0.1, 0.15) is 5.75 Å². The number of sulfonamides is 1. The molecule has 1 saturated carbocycles. The van der Waals surface area contributed by atoms with E-state index < -0.39 is 10.0 Å². The van der Waals surface area contributed by atoms with Gasteiger partial charge < -0.3 is 10.1 Å². The summed E-state index contributed by atoms with van der Waals surface area (Å²) in [6, 6.07) is 16.4. The summed E-state index contributed by atoms with van der Waals surface area (Å²) in [4.78, 5) is 0. The van der Waals surface area contributed by atoms with Crippen molar-refractivity contribution in [1.29, 1.82) is 0 Å². The summed E-state index contributed by atoms with van der Waals surface area (Å²) in [6.45, 7) is 0.874. The van der Waals surface area contributed by atoms with Crippen molar-refractivity contribution < 1.29 is 13.2 Å². The number of methoxy groups -OCH3 is 1. The Kier molecular flexibility index (Phi) is 6.05. The number of benzene rings is 2. The molecule has 3 N–H and O–H groups in total. The van der Waals surface area contributed by atoms with Crippen molar-refractivity contribution in [3.05, 3.63) is 54.1 Å². The molecule has 5 nitrogen and oxygen atoms in total. The quantitative estimate of drug-likeness (QED) is 0.749. The lowest BCUT2D eigenvalue weighted by molar-refractivity contribution is 0.367. The van der Waals surface area contributed by atoms with Gasteiger partial charge in [-0.3, -0.25) is 0 Å². The van der Waals surface area contributed by atoms with Gasteiger partial charge in [-0.2, -0.15) is 0 Å². The van der Waals surface area contributed by atoms with Crippen LogP contribution in [0.15, 0.2) is 48.5 Å². The van der Waals surface area contributed by atoms with Crippen LogP contribution < -0.4 is 15.2 Å². The third-order valence-corrected chi connectivity index (χ3v) is 6.94. The molecule has 1 aliphatic carbocycles. The number of primary sulfonamides is 1. The molecule has 0 aromatic heterocycles. The van der Waals surface area contributed by atoms with Crippen molar-refractivity contribution in [3.8, 4) is 16.9 Å². The molecular weight excluding hydrogens is 396 g/mol. The first-order valence-corrected chi connectivity index (χ1v) is 11.1. The predicted octanol–water partition coefficient (Wildman–Crippen LogP) is 2.98. The molecule has 0 bridgehead atoms. The number of nitrogens with two attached hydrogens (primary N) is 1. The van der Waals surface area contributed by atoms with Crippen LogP contribution in [0.2, 0.25) is 0 Å². The highest BCUT2D eigenvalue weighted by molar-refractivity contribution is 7.89. The summed E-state index contributed by atoms with van der Waals surface area (Å²) in [6.07, 6.45) is 2.89. The van der Waals surface area contributed by atoms with Gasteiger partial charge in [0, 0.05) is 18.2 Å². The van der Waals surface area contributed by atoms with Crippen molar-refractivity contribution in [1.82, 2.24) is 5.32 Å². The van der Waals surface area contributed by atoms with Crippen LogP contribution in [0.5, 0.6) is 5.75 Å². The van der Waals surface area contributed by atoms with E-state index in [0.29, 0.717) is 0 Å². The number of ether oxygens (including phenoxy) is 1. The summed E-state index contributed by atoms with van der Waals surface area (Å²) >= 11 is 0. The van der Waals surface area contributed by atoms with Crippen LogP contribution in [0.1, 0.15) is 18.4 Å². The number of para-hydroxylation sites is 1. The van der Waals surface area contributed by atoms with Crippen molar-refractivity contribution in [2.24, 2.45) is 16.5 Å². The highest BCUT2D eigenvalue weighted by Crippen LogP contribution is 2.56. The second kappa shape index (κ2) is 8.03. The predicted molar refractivity (Wildman–Crippen MR) is 114 cm³/mol. The zero-order valence-electron chi connectivity index (χ0n) is 15.9. The van der Waals surface area contributed by atoms with Crippen molar-refractivity contribution in [3.63, 3.8) is 0 Å². The molecule has 2 atom stereocenters. The van der Waals surface area contributed by atoms with E-state index in [0.717, 1.165) is 48.2 Å². The first-order valence-electron chi connectivity index (χ1n) is 9.37. The smallest absolute Gasteiger partial charge is 0.209 e. The van der Waals surface area contributed by atoms with Crippen LogP contribution in [-0.2, 0) is 16.4 Å². The minimum Gasteiger partial charge on any atom is -0.496 e. The van der Waals surface area contributed by atoms with E-state index in [1.807, 2.05) is 24.3 Å². The van der Waals surface area contributed by atoms with E-state index in [-0.39, 0.29) is 35.5 Å². The highest BCUT2D eigenvalue weighted by atomic mass is 35.5. The largest absolute Gasteiger partial charge is 0.496 e. The summed E-state index contributed by atoms with van der Waals surface area (Å²) in [5, 5.41) is 8.96. The summed E-state index contributed by atoms with van der Waals surface area (Å²) in [5.74, 6) is 0.958. The maximum atomic E-state index is 11.8. The second-order valence-electron chi connectivity index (χ2n) is 7.85. The Morgan fingerprint density at radius 3 is 2.46 bits per heavy atom. The number of hydrogen-bond acceptors (Lipinski definition) is 4. The zero-order chi connectivity index (χ0) is 19.1. The molecule has 0 amide bonds. The minimum atomic E-state index is -3.50. The normalized spacial score (nSPS) is 22.6. The van der Waals surface area contributed by atoms with E-state index in [1.54, 1.807) is 7.11 Å². The Labute approximate surface area is 173 Å². The molecule has 152 valence electrons. The van der Waals surface area contributed by atoms with Gasteiger partial charge in [0.25, 0.3) is 0 Å². The molecule has 4 rings (SSSR count). The van der Waals surface area contributed by atoms with Crippen LogP contribution in [-0.4, -0.2) is 33.9 Å². The van der Waals surface area contributed by atoms with Crippen molar-refractivity contribution in [2.75, 3.05) is 19.4 Å². The van der Waals surface area contributed by atoms with Gasteiger partial charge in [0.05, 0.1) is 12.9 Å². The van der Waals surface area contributed by atoms with Crippen LogP contribution in [0, 0.1) is 11.3 Å². The second-order valence-corrected chi connectivity index (χ2v) is 9.51. The first kappa shape index (κ1) is 21.1. The maximum Gasteiger partial charge on any atom is 0.209 e. The summed E-state index contributed by atoms with van der Waals surface area (Å²) in [5.41, 5.74) is 3.36. The van der Waals surface area contributed by atoms with Gasteiger partial charge >= 0.3 is 0 Å². The van der Waals surface area contributed by atoms with E-state index in [9.17, 15) is 8.42 Å². The van der Waals surface area contributed by atoms with Gasteiger partial charge in [-0.25, -0.2) is 13.6 Å². The van der Waals surface area contributed by atoms with Crippen LogP contribution in [0.25, 0.3) is 11.1 Å². The number of rotatable bonds is 6. The third-order valence-electron chi connectivity index (χ3n) is 6.12. The summed E-state index contributed by atoms with van der Waals surface area (Å²) < 4.78 is 29.4. The fourth-order valence-electron chi connectivity index (χ4n) is 4.57. The lowest BCUT2D eigenvalue weighted by atomic mass is 9.86. The molecule has 2 aliphatic rings. The zero-order valence-corrected chi connectivity index (χ0v) is 17.6. The van der Waals surface area contributed by atoms with Crippen LogP contribution in [0.4, 0.5) is 0 Å². The molecule has 28 heavy (non-hydrogen) atoms. The Bertz CT molecular complexity index is 930. The molecule has 1 saturated heterocycles. The molecule has 7 heteroatoms. The summed E-state index contributed by atoms with van der Waals surface area (Å²) in [7, 11) is -1.81. The Morgan fingerprint density at radius 1 is 1.14 bits per heavy atom. The molecule has 1 spiro atoms. The van der Waals surface area contributed by atoms with Gasteiger partial charge in [-0.1, -0.05) is 48.5 Å². The van der Waals surface area contributed by atoms with E-state index in [4.69, 9.17) is 9.88 Å². The molecular formula is C21H27ClN2O3S. The Balaban J connectivity index is 0.00000225. The molecule has 0 radical (unpaired) electrons. The lowest BCUT2D eigenvalue weighted by Gasteiger charge is -2.24. The van der Waals surface area contributed by atoms with Crippen molar-refractivity contribution >= 4 is 22.4 Å². The fourth-order valence-corrected chi connectivity index (χ4v) is 5.66. The Hall–Kier alpha value is -1.60. The fraction of sp³-hybridized carbons (Fsp3) is 0.429. The SMILES string of the molecule is COc1c(CC2NCC3(CC3)C2CS(N)(=O)=O)cccc1-c1ccccc1.Cl. The average Bonchev–Trinajstić information content (AvgIpc) is 3.37. The molecule has 2 fully saturated rings. The van der Waals surface area contributed by atoms with Crippen LogP contribution in [0.3, 0.4) is 0 Å². The molecule has 2 aromatic carbocycles. The van der Waals surface area contributed by atoms with E-state index in [1.165, 1.54) is 0 Å². The highest BCUT2D eigenvalue weighted by Gasteiger charge is 2.56. The molecule has 1 heterocycles. The Morgan fingerprint density at radius 2 is 1.86 bits per heavy atom. The van der Waals surface area contributed by atoms with E-state index >= 15 is 0 Å². The van der Waals surface area contributed by atoms with Crippen molar-refractivity contribution in [2.45, 2.75) is 25.3 Å². The number of nitrogens with one attached hydrogen (secondary N) is 1. The number of halogens is 1. The molecule has 2 aromatic rings. The lowest BCUT2D eigenvalue weighted by Crippen LogP contribution is -2.36. The third kappa shape index (κ3) is 4.20. The molecule has 1 aliphatic heterocycles. The number of hydrogen-bond donors (Lipinski definition) is 2. The van der Waals surface area contributed by atoms with Gasteiger partial charge in [0.15, 0.2) is 0 Å². The first-order chi connectivity index (χ1) is 12.9. The van der Waals surface area contributed by atoms with Gasteiger partial charge in [-0.15, -0.1) is 12.4 Å². The molecule has 2 unspecified atom stereocenters. The monoisotopic (exact) mass is 422 g/mol. The minimum absolute atomic E-state index is 0. The average molecular weight is 423 g/mol. The topological polar surface area (TPSA) is 81.4 Å². The van der Waals surface area contributed by atoms with Gasteiger partial charge in [0.2, 0.25) is 10.0 Å². The standard InChI is InChI=1S/C21H26N2O3S.ClH/c1-26-20-16(8-5-9-17(20)15-6-3-2-4-7-15)12-19-18(13-27(22,24)25)21(10-11-21)14-23-19;/h2-9,18-19,23H,10-14H2,1H3,(H2,22,24,25);1H. The van der Waals surface area contributed by atoms with Gasteiger partial charge in [-0.05, 0) is 41.7 Å². The maximum absolute atomic E-state index is 11.8. The van der Waals surface area contributed by atoms with Crippen LogP contribution >= 0.6 is 12.4 Å². The van der Waals surface area contributed by atoms with E-state index in [2.05, 4.69) is 29.6 Å².